The molecule has 0 N–H and O–H groups in total. The van der Waals surface area contributed by atoms with Gasteiger partial charge in [0.1, 0.15) is 4.88 Å². The fraction of sp³-hybridized carbons (Fsp3) is 0.571. The van der Waals surface area contributed by atoms with E-state index in [1.54, 1.807) is 12.0 Å². The number of ether oxygens (including phenoxy) is 1. The van der Waals surface area contributed by atoms with Gasteiger partial charge in [0.2, 0.25) is 5.89 Å². The number of hydrogen-bond acceptors (Lipinski definition) is 7. The molecule has 1 aliphatic heterocycles. The lowest BCUT2D eigenvalue weighted by Gasteiger charge is -2.36. The van der Waals surface area contributed by atoms with E-state index in [0.717, 1.165) is 15.6 Å². The molecule has 0 aliphatic carbocycles. The van der Waals surface area contributed by atoms with Crippen LogP contribution in [0, 0.1) is 13.8 Å². The minimum Gasteiger partial charge on any atom is -0.384 e. The molecule has 8 heteroatoms. The summed E-state index contributed by atoms with van der Waals surface area (Å²) in [6, 6.07) is 0. The Bertz CT molecular complexity index is 675. The smallest absolute Gasteiger partial charge is 0.265 e. The van der Waals surface area contributed by atoms with Gasteiger partial charge in [0.15, 0.2) is 5.82 Å². The van der Waals surface area contributed by atoms with Crippen molar-refractivity contribution in [2.24, 2.45) is 0 Å². The van der Waals surface area contributed by atoms with Crippen molar-refractivity contribution < 1.29 is 14.1 Å². The standard InChI is InChI=1S/C14H18N4O3S/c1-8-12(22-9(2)15-8)14(19)18-6-10(7-18)13-16-11(17-21-13)4-5-20-3/h10H,4-7H2,1-3H3. The Labute approximate surface area is 132 Å². The quantitative estimate of drug-likeness (QED) is 0.831. The first kappa shape index (κ1) is 15.1. The molecule has 0 unspecified atom stereocenters. The molecule has 1 saturated heterocycles. The molecule has 22 heavy (non-hydrogen) atoms. The maximum absolute atomic E-state index is 12.4. The second kappa shape index (κ2) is 6.13. The zero-order valence-electron chi connectivity index (χ0n) is 12.8. The van der Waals surface area contributed by atoms with E-state index in [2.05, 4.69) is 15.1 Å². The Morgan fingerprint density at radius 1 is 1.41 bits per heavy atom. The summed E-state index contributed by atoms with van der Waals surface area (Å²) >= 11 is 1.44. The van der Waals surface area contributed by atoms with Crippen LogP contribution in [0.25, 0.3) is 0 Å². The maximum Gasteiger partial charge on any atom is 0.265 e. The molecule has 1 amide bonds. The van der Waals surface area contributed by atoms with Gasteiger partial charge in [-0.3, -0.25) is 4.79 Å². The first-order valence-corrected chi connectivity index (χ1v) is 7.95. The predicted molar refractivity (Wildman–Crippen MR) is 80.1 cm³/mol. The highest BCUT2D eigenvalue weighted by Gasteiger charge is 2.37. The van der Waals surface area contributed by atoms with E-state index < -0.39 is 0 Å². The highest BCUT2D eigenvalue weighted by Crippen LogP contribution is 2.29. The summed E-state index contributed by atoms with van der Waals surface area (Å²) in [6.45, 7) is 5.57. The summed E-state index contributed by atoms with van der Waals surface area (Å²) in [5.41, 5.74) is 0.801. The van der Waals surface area contributed by atoms with Gasteiger partial charge < -0.3 is 14.2 Å². The molecule has 118 valence electrons. The number of aryl methyl sites for hydroxylation is 2. The summed E-state index contributed by atoms with van der Waals surface area (Å²) in [7, 11) is 1.64. The molecule has 0 saturated carbocycles. The van der Waals surface area contributed by atoms with Crippen LogP contribution in [0.1, 0.15) is 38.0 Å². The zero-order valence-corrected chi connectivity index (χ0v) is 13.6. The molecule has 2 aromatic rings. The first-order chi connectivity index (χ1) is 10.6. The number of methoxy groups -OCH3 is 1. The Morgan fingerprint density at radius 3 is 2.82 bits per heavy atom. The van der Waals surface area contributed by atoms with Crippen LogP contribution in [0.4, 0.5) is 0 Å². The van der Waals surface area contributed by atoms with Crippen molar-refractivity contribution in [1.29, 1.82) is 0 Å². The molecule has 0 radical (unpaired) electrons. The summed E-state index contributed by atoms with van der Waals surface area (Å²) in [5, 5.41) is 4.84. The van der Waals surface area contributed by atoms with Crippen molar-refractivity contribution in [2.75, 3.05) is 26.8 Å². The van der Waals surface area contributed by atoms with E-state index in [1.165, 1.54) is 11.3 Å². The lowest BCUT2D eigenvalue weighted by Crippen LogP contribution is -2.48. The van der Waals surface area contributed by atoms with Gasteiger partial charge in [0.25, 0.3) is 5.91 Å². The molecule has 3 rings (SSSR count). The molecule has 0 spiro atoms. The molecule has 0 atom stereocenters. The third-order valence-corrected chi connectivity index (χ3v) is 4.69. The van der Waals surface area contributed by atoms with E-state index in [9.17, 15) is 4.79 Å². The van der Waals surface area contributed by atoms with Gasteiger partial charge in [-0.1, -0.05) is 5.16 Å². The van der Waals surface area contributed by atoms with Gasteiger partial charge in [-0.15, -0.1) is 11.3 Å². The van der Waals surface area contributed by atoms with Gasteiger partial charge in [-0.25, -0.2) is 4.98 Å². The fourth-order valence-corrected chi connectivity index (χ4v) is 3.29. The van der Waals surface area contributed by atoms with Crippen LogP contribution in [0.15, 0.2) is 4.52 Å². The highest BCUT2D eigenvalue weighted by atomic mass is 32.1. The third kappa shape index (κ3) is 2.89. The summed E-state index contributed by atoms with van der Waals surface area (Å²) in [4.78, 5) is 23.6. The van der Waals surface area contributed by atoms with E-state index in [-0.39, 0.29) is 11.8 Å². The number of carbonyl (C=O) groups is 1. The number of rotatable bonds is 5. The molecule has 7 nitrogen and oxygen atoms in total. The lowest BCUT2D eigenvalue weighted by molar-refractivity contribution is 0.0573. The molecule has 2 aromatic heterocycles. The number of thiazole rings is 1. The minimum absolute atomic E-state index is 0.0403. The van der Waals surface area contributed by atoms with Crippen LogP contribution in [-0.2, 0) is 11.2 Å². The normalized spacial score (nSPS) is 15.1. The number of carbonyl (C=O) groups excluding carboxylic acids is 1. The lowest BCUT2D eigenvalue weighted by atomic mass is 10.00. The van der Waals surface area contributed by atoms with Crippen LogP contribution in [-0.4, -0.2) is 52.7 Å². The number of amides is 1. The Morgan fingerprint density at radius 2 is 2.18 bits per heavy atom. The van der Waals surface area contributed by atoms with Gasteiger partial charge in [-0.05, 0) is 13.8 Å². The number of hydrogen-bond donors (Lipinski definition) is 0. The van der Waals surface area contributed by atoms with Crippen molar-refractivity contribution >= 4 is 17.2 Å². The third-order valence-electron chi connectivity index (χ3n) is 3.63. The van der Waals surface area contributed by atoms with Gasteiger partial charge >= 0.3 is 0 Å². The molecule has 0 aromatic carbocycles. The molecular weight excluding hydrogens is 304 g/mol. The number of nitrogens with zero attached hydrogens (tertiary/aromatic N) is 4. The van der Waals surface area contributed by atoms with Gasteiger partial charge in [-0.2, -0.15) is 4.98 Å². The van der Waals surface area contributed by atoms with E-state index in [0.29, 0.717) is 37.8 Å². The Hall–Kier alpha value is -1.80. The van der Waals surface area contributed by atoms with E-state index >= 15 is 0 Å². The van der Waals surface area contributed by atoms with Crippen molar-refractivity contribution in [3.63, 3.8) is 0 Å². The zero-order chi connectivity index (χ0) is 15.7. The number of likely N-dealkylation sites (tertiary alicyclic amines) is 1. The Balaban J connectivity index is 1.58. The van der Waals surface area contributed by atoms with Crippen LogP contribution >= 0.6 is 11.3 Å². The van der Waals surface area contributed by atoms with Gasteiger partial charge in [0.05, 0.1) is 23.2 Å². The monoisotopic (exact) mass is 322 g/mol. The summed E-state index contributed by atoms with van der Waals surface area (Å²) < 4.78 is 10.3. The fourth-order valence-electron chi connectivity index (χ4n) is 2.40. The van der Waals surface area contributed by atoms with Crippen molar-refractivity contribution in [3.8, 4) is 0 Å². The Kier molecular flexibility index (Phi) is 4.21. The topological polar surface area (TPSA) is 81.4 Å². The SMILES string of the molecule is COCCc1noc(C2CN(C(=O)c3sc(C)nc3C)C2)n1. The summed E-state index contributed by atoms with van der Waals surface area (Å²) in [6.07, 6.45) is 0.634. The van der Waals surface area contributed by atoms with E-state index in [4.69, 9.17) is 9.26 Å². The maximum atomic E-state index is 12.4. The van der Waals surface area contributed by atoms with Crippen molar-refractivity contribution in [3.05, 3.63) is 27.3 Å². The van der Waals surface area contributed by atoms with E-state index in [1.807, 2.05) is 13.8 Å². The molecule has 1 aliphatic rings. The van der Waals surface area contributed by atoms with Crippen LogP contribution in [0.3, 0.4) is 0 Å². The molecule has 3 heterocycles. The van der Waals surface area contributed by atoms with Crippen molar-refractivity contribution in [2.45, 2.75) is 26.2 Å². The molecule has 1 fully saturated rings. The first-order valence-electron chi connectivity index (χ1n) is 7.13. The summed E-state index contributed by atoms with van der Waals surface area (Å²) in [5.74, 6) is 1.42. The van der Waals surface area contributed by atoms with Crippen LogP contribution < -0.4 is 0 Å². The average molecular weight is 322 g/mol. The van der Waals surface area contributed by atoms with Crippen LogP contribution in [0.5, 0.6) is 0 Å². The molecular formula is C14H18N4O3S. The highest BCUT2D eigenvalue weighted by molar-refractivity contribution is 7.13. The number of aromatic nitrogens is 3. The molecule has 0 bridgehead atoms. The van der Waals surface area contributed by atoms with Gasteiger partial charge in [0, 0.05) is 26.6 Å². The largest absolute Gasteiger partial charge is 0.384 e. The van der Waals surface area contributed by atoms with Crippen LogP contribution in [0.2, 0.25) is 0 Å². The second-order valence-electron chi connectivity index (χ2n) is 5.35. The average Bonchev–Trinajstić information content (AvgIpc) is 3.01. The second-order valence-corrected chi connectivity index (χ2v) is 6.55. The van der Waals surface area contributed by atoms with Crippen molar-refractivity contribution in [1.82, 2.24) is 20.0 Å². The predicted octanol–water partition coefficient (Wildman–Crippen LogP) is 1.57. The minimum atomic E-state index is 0.0403.